The zero-order valence-electron chi connectivity index (χ0n) is 41.5. The van der Waals surface area contributed by atoms with Crippen LogP contribution in [0.2, 0.25) is 0 Å². The third-order valence-electron chi connectivity index (χ3n) is 11.6. The minimum Gasteiger partial charge on any atom is -0.487 e. The lowest BCUT2D eigenvalue weighted by atomic mass is 9.89. The molecule has 2 aliphatic rings. The fourth-order valence-corrected chi connectivity index (χ4v) is 8.25. The van der Waals surface area contributed by atoms with Crippen molar-refractivity contribution < 1.29 is 52.1 Å². The number of rotatable bonds is 35. The number of benzene rings is 1. The van der Waals surface area contributed by atoms with Crippen LogP contribution in [-0.4, -0.2) is 190 Å². The summed E-state index contributed by atoms with van der Waals surface area (Å²) in [5.41, 5.74) is 2.70. The first-order chi connectivity index (χ1) is 34.4. The number of nitrogens with zero attached hydrogens (tertiary/aromatic N) is 9. The van der Waals surface area contributed by atoms with Crippen molar-refractivity contribution in [2.75, 3.05) is 131 Å². The van der Waals surface area contributed by atoms with Crippen molar-refractivity contribution in [2.45, 2.75) is 89.8 Å². The van der Waals surface area contributed by atoms with Gasteiger partial charge in [-0.15, -0.1) is 5.10 Å². The maximum Gasteiger partial charge on any atom is 0.256 e. The monoisotopic (exact) mass is 979 g/mol. The highest BCUT2D eigenvalue weighted by Gasteiger charge is 2.32. The maximum absolute atomic E-state index is 9.78. The maximum atomic E-state index is 9.78. The second kappa shape index (κ2) is 31.5. The fourth-order valence-electron chi connectivity index (χ4n) is 8.25. The number of anilines is 2. The van der Waals surface area contributed by atoms with E-state index in [0.29, 0.717) is 154 Å². The summed E-state index contributed by atoms with van der Waals surface area (Å²) in [4.78, 5) is 15.9. The molecule has 3 atom stereocenters. The van der Waals surface area contributed by atoms with Gasteiger partial charge in [0.15, 0.2) is 0 Å². The predicted octanol–water partition coefficient (Wildman–Crippen LogP) is 5.14. The Morgan fingerprint density at radius 2 is 1.31 bits per heavy atom. The number of ether oxygens (including phenoxy) is 11. The summed E-state index contributed by atoms with van der Waals surface area (Å²) in [5.74, 6) is 1.36. The largest absolute Gasteiger partial charge is 0.487 e. The Labute approximate surface area is 412 Å². The molecule has 6 rings (SSSR count). The second-order valence-electron chi connectivity index (χ2n) is 17.3. The molecule has 4 heterocycles. The third-order valence-corrected chi connectivity index (χ3v) is 11.6. The molecule has 4 aromatic rings. The number of hydrogen-bond acceptors (Lipinski definition) is 19. The minimum absolute atomic E-state index is 0.243. The van der Waals surface area contributed by atoms with Crippen molar-refractivity contribution in [3.05, 3.63) is 55.0 Å². The molecule has 21 heteroatoms. The van der Waals surface area contributed by atoms with Gasteiger partial charge in [-0.2, -0.15) is 10.4 Å². The van der Waals surface area contributed by atoms with Crippen LogP contribution in [0.3, 0.4) is 0 Å². The van der Waals surface area contributed by atoms with Crippen molar-refractivity contribution >= 4 is 11.6 Å². The first-order valence-electron chi connectivity index (χ1n) is 24.7. The number of hydrogen-bond donors (Lipinski definition) is 1. The topological polar surface area (TPSA) is 215 Å². The van der Waals surface area contributed by atoms with Gasteiger partial charge in [-0.3, -0.25) is 9.58 Å². The van der Waals surface area contributed by atoms with Crippen LogP contribution in [0.4, 0.5) is 11.6 Å². The molecule has 0 spiro atoms. The van der Waals surface area contributed by atoms with E-state index in [-0.39, 0.29) is 24.4 Å². The molecule has 1 aliphatic heterocycles. The van der Waals surface area contributed by atoms with Crippen LogP contribution in [0, 0.1) is 11.3 Å². The molecule has 1 saturated heterocycles. The van der Waals surface area contributed by atoms with E-state index in [4.69, 9.17) is 57.2 Å². The van der Waals surface area contributed by atoms with Crippen molar-refractivity contribution in [1.82, 2.24) is 39.4 Å². The van der Waals surface area contributed by atoms with Gasteiger partial charge < -0.3 is 57.4 Å². The summed E-state index contributed by atoms with van der Waals surface area (Å²) < 4.78 is 66.0. The average molecular weight is 979 g/mol. The summed E-state index contributed by atoms with van der Waals surface area (Å²) in [7, 11) is 1.65. The van der Waals surface area contributed by atoms with Crippen molar-refractivity contribution in [3.63, 3.8) is 0 Å². The quantitative estimate of drug-likeness (QED) is 0.0591. The molecule has 0 amide bonds. The van der Waals surface area contributed by atoms with Crippen molar-refractivity contribution in [1.29, 1.82) is 5.26 Å². The van der Waals surface area contributed by atoms with E-state index in [1.807, 2.05) is 29.9 Å². The average Bonchev–Trinajstić information content (AvgIpc) is 4.03. The number of methoxy groups -OCH3 is 1. The van der Waals surface area contributed by atoms with Gasteiger partial charge >= 0.3 is 0 Å². The van der Waals surface area contributed by atoms with Gasteiger partial charge in [0.2, 0.25) is 5.95 Å². The van der Waals surface area contributed by atoms with Crippen molar-refractivity contribution in [2.24, 2.45) is 0 Å². The molecular weight excluding hydrogens is 905 g/mol. The van der Waals surface area contributed by atoms with E-state index in [9.17, 15) is 5.26 Å². The molecule has 1 saturated carbocycles. The smallest absolute Gasteiger partial charge is 0.256 e. The minimum atomic E-state index is -0.253. The lowest BCUT2D eigenvalue weighted by Crippen LogP contribution is -2.51. The van der Waals surface area contributed by atoms with Gasteiger partial charge in [-0.25, -0.2) is 19.6 Å². The van der Waals surface area contributed by atoms with Gasteiger partial charge in [0.05, 0.1) is 136 Å². The van der Waals surface area contributed by atoms with Crippen LogP contribution in [0.1, 0.15) is 64.5 Å². The Balaban J connectivity index is 0.899. The molecule has 386 valence electrons. The zero-order valence-corrected chi connectivity index (χ0v) is 41.5. The lowest BCUT2D eigenvalue weighted by Gasteiger charge is -2.42. The molecule has 21 nitrogen and oxygen atoms in total. The Kier molecular flexibility index (Phi) is 24.5. The molecule has 3 aromatic heterocycles. The Hall–Kier alpha value is -4.86. The van der Waals surface area contributed by atoms with E-state index in [2.05, 4.69) is 50.2 Å². The first-order valence-corrected chi connectivity index (χ1v) is 24.7. The van der Waals surface area contributed by atoms with E-state index < -0.39 is 0 Å². The summed E-state index contributed by atoms with van der Waals surface area (Å²) in [5, 5.41) is 22.3. The standard InChI is InChI=1S/C49H74N10O11/c1-38-32-57(33-39(2)69-38)44-8-10-45(11-9-44)59-35-46(55-49-52-30-43(31-53-49)41-6-7-42(29-50)47(28-41)70-40(3)34-58-37-51-36-54-58)48(56-59)68-13-5-12-61-16-17-63-20-21-65-24-25-67-27-26-66-23-22-64-19-18-62-15-14-60-4/h6-7,28,30-31,35-40,44-45H,5,8-27,32-34H2,1-4H3,(H,52,53,55)/t38-,39+,40-,44-,45-/m0/s1. The highest BCUT2D eigenvalue weighted by molar-refractivity contribution is 5.67. The fraction of sp³-hybridized carbons (Fsp3) is 0.673. The molecule has 1 N–H and O–H groups in total. The molecule has 0 radical (unpaired) electrons. The Morgan fingerprint density at radius 3 is 1.87 bits per heavy atom. The number of morpholine rings is 1. The molecule has 1 aliphatic carbocycles. The summed E-state index contributed by atoms with van der Waals surface area (Å²) >= 11 is 0. The van der Waals surface area contributed by atoms with Gasteiger partial charge in [-0.05, 0) is 64.2 Å². The summed E-state index contributed by atoms with van der Waals surface area (Å²) in [6, 6.07) is 8.45. The Morgan fingerprint density at radius 1 is 0.743 bits per heavy atom. The van der Waals surface area contributed by atoms with Crippen LogP contribution in [0.15, 0.2) is 49.4 Å². The van der Waals surface area contributed by atoms with Crippen LogP contribution < -0.4 is 14.8 Å². The highest BCUT2D eigenvalue weighted by atomic mass is 16.6. The van der Waals surface area contributed by atoms with E-state index in [1.165, 1.54) is 6.33 Å². The van der Waals surface area contributed by atoms with Gasteiger partial charge in [0.1, 0.15) is 36.3 Å². The van der Waals surface area contributed by atoms with Crippen LogP contribution in [0.25, 0.3) is 11.1 Å². The summed E-state index contributed by atoms with van der Waals surface area (Å²) in [6.45, 7) is 16.7. The van der Waals surface area contributed by atoms with Gasteiger partial charge in [0.25, 0.3) is 5.88 Å². The normalized spacial score (nSPS) is 19.0. The number of aromatic nitrogens is 7. The summed E-state index contributed by atoms with van der Waals surface area (Å²) in [6.07, 6.45) is 13.7. The molecule has 0 bridgehead atoms. The van der Waals surface area contributed by atoms with Crippen LogP contribution >= 0.6 is 0 Å². The molecule has 1 aromatic carbocycles. The van der Waals surface area contributed by atoms with Crippen molar-refractivity contribution in [3.8, 4) is 28.8 Å². The molecule has 0 unspecified atom stereocenters. The molecule has 70 heavy (non-hydrogen) atoms. The van der Waals surface area contributed by atoms with Gasteiger partial charge in [-0.1, -0.05) is 6.07 Å². The van der Waals surface area contributed by atoms with Crippen LogP contribution in [0.5, 0.6) is 11.6 Å². The predicted molar refractivity (Wildman–Crippen MR) is 258 cm³/mol. The highest BCUT2D eigenvalue weighted by Crippen LogP contribution is 2.36. The van der Waals surface area contributed by atoms with E-state index >= 15 is 0 Å². The van der Waals surface area contributed by atoms with Gasteiger partial charge in [0, 0.05) is 57.2 Å². The lowest BCUT2D eigenvalue weighted by molar-refractivity contribution is -0.0852. The van der Waals surface area contributed by atoms with E-state index in [0.717, 1.165) is 49.9 Å². The zero-order chi connectivity index (χ0) is 49.0. The second-order valence-corrected chi connectivity index (χ2v) is 17.3. The first kappa shape index (κ1) is 54.5. The number of nitrogens with one attached hydrogen (secondary N) is 1. The number of nitriles is 1. The molecule has 2 fully saturated rings. The van der Waals surface area contributed by atoms with Crippen LogP contribution in [-0.2, 0) is 49.2 Å². The Bertz CT molecular complexity index is 2040. The third kappa shape index (κ3) is 19.4. The SMILES string of the molecule is COCCOCCOCCOCCOCCOCCOCCOCCCOc1nn([C@H]2CC[C@H](N3C[C@@H](C)O[C@@H](C)C3)CC2)cc1Nc1ncc(-c2ccc(C#N)c(O[C@@H](C)Cn3cncn3)c2)cn1. The molecular formula is C49H74N10O11. The van der Waals surface area contributed by atoms with E-state index in [1.54, 1.807) is 36.6 Å².